The molecule has 0 radical (unpaired) electrons. The van der Waals surface area contributed by atoms with E-state index in [2.05, 4.69) is 20.6 Å². The average Bonchev–Trinajstić information content (AvgIpc) is 3.12. The molecule has 8 heteroatoms. The lowest BCUT2D eigenvalue weighted by atomic mass is 10.2. The molecule has 0 aliphatic rings. The number of fused-ring (bicyclic) bond motifs is 1. The first kappa shape index (κ1) is 19.0. The van der Waals surface area contributed by atoms with Crippen LogP contribution in [0, 0.1) is 0 Å². The average molecular weight is 476 g/mol. The van der Waals surface area contributed by atoms with Crippen LogP contribution in [0.1, 0.15) is 18.2 Å². The molecule has 2 heterocycles. The highest BCUT2D eigenvalue weighted by Crippen LogP contribution is 2.15. The zero-order chi connectivity index (χ0) is 16.1. The first-order valence-corrected chi connectivity index (χ1v) is 8.68. The highest BCUT2D eigenvalue weighted by atomic mass is 127. The number of thiazole rings is 1. The number of hydrogen-bond acceptors (Lipinski definition) is 3. The van der Waals surface area contributed by atoms with E-state index in [0.29, 0.717) is 13.1 Å². The Morgan fingerprint density at radius 2 is 2.17 bits per heavy atom. The van der Waals surface area contributed by atoms with Gasteiger partial charge in [-0.25, -0.2) is 9.98 Å². The third-order valence-electron chi connectivity index (χ3n) is 3.29. The smallest absolute Gasteiger partial charge is 0.193 e. The number of aromatic nitrogens is 2. The summed E-state index contributed by atoms with van der Waals surface area (Å²) in [6, 6.07) is 7.75. The Morgan fingerprint density at radius 3 is 2.92 bits per heavy atom. The van der Waals surface area contributed by atoms with Crippen LogP contribution in [0.25, 0.3) is 4.96 Å². The molecule has 3 aromatic rings. The predicted molar refractivity (Wildman–Crippen MR) is 112 cm³/mol. The van der Waals surface area contributed by atoms with Gasteiger partial charge in [-0.15, -0.1) is 35.3 Å². The van der Waals surface area contributed by atoms with E-state index < -0.39 is 0 Å². The first-order chi connectivity index (χ1) is 11.3. The summed E-state index contributed by atoms with van der Waals surface area (Å²) in [6.07, 6.45) is 4.03. The van der Waals surface area contributed by atoms with Crippen molar-refractivity contribution in [3.05, 3.63) is 58.3 Å². The van der Waals surface area contributed by atoms with Gasteiger partial charge in [-0.3, -0.25) is 4.40 Å². The lowest BCUT2D eigenvalue weighted by Gasteiger charge is -2.10. The minimum absolute atomic E-state index is 0. The van der Waals surface area contributed by atoms with Crippen molar-refractivity contribution in [2.45, 2.75) is 20.0 Å². The largest absolute Gasteiger partial charge is 0.357 e. The molecular weight excluding hydrogens is 457 g/mol. The molecule has 128 valence electrons. The monoisotopic (exact) mass is 475 g/mol. The molecule has 0 atom stereocenters. The van der Waals surface area contributed by atoms with Crippen molar-refractivity contribution >= 4 is 57.8 Å². The molecule has 2 N–H and O–H groups in total. The van der Waals surface area contributed by atoms with Crippen molar-refractivity contribution in [3.63, 3.8) is 0 Å². The van der Waals surface area contributed by atoms with Crippen LogP contribution in [0.15, 0.2) is 47.0 Å². The van der Waals surface area contributed by atoms with Crippen molar-refractivity contribution in [2.24, 2.45) is 4.99 Å². The minimum Gasteiger partial charge on any atom is -0.357 e. The maximum atomic E-state index is 6.17. The van der Waals surface area contributed by atoms with Crippen LogP contribution < -0.4 is 10.6 Å². The summed E-state index contributed by atoms with van der Waals surface area (Å²) >= 11 is 7.79. The van der Waals surface area contributed by atoms with Gasteiger partial charge in [0.1, 0.15) is 0 Å². The van der Waals surface area contributed by atoms with E-state index >= 15 is 0 Å². The van der Waals surface area contributed by atoms with Crippen LogP contribution in [0.3, 0.4) is 0 Å². The van der Waals surface area contributed by atoms with Gasteiger partial charge < -0.3 is 10.6 Å². The molecule has 1 aromatic carbocycles. The van der Waals surface area contributed by atoms with Gasteiger partial charge in [-0.2, -0.15) is 0 Å². The van der Waals surface area contributed by atoms with Crippen molar-refractivity contribution in [3.8, 4) is 0 Å². The van der Waals surface area contributed by atoms with Crippen molar-refractivity contribution in [1.82, 2.24) is 20.0 Å². The standard InChI is InChI=1S/C16H18ClN5S.HI/c1-2-18-15(19-9-12-5-3-4-6-14(12)17)20-10-13-11-22-7-8-23-16(22)21-13;/h3-8,11H,2,9-10H2,1H3,(H2,18,19,20);1H. The Balaban J connectivity index is 0.00000208. The number of nitrogens with zero attached hydrogens (tertiary/aromatic N) is 3. The van der Waals surface area contributed by atoms with Crippen LogP contribution in [-0.2, 0) is 13.1 Å². The molecule has 0 amide bonds. The molecule has 0 spiro atoms. The second-order valence-corrected chi connectivity index (χ2v) is 6.25. The summed E-state index contributed by atoms with van der Waals surface area (Å²) in [5.41, 5.74) is 1.99. The topological polar surface area (TPSA) is 53.7 Å². The SMILES string of the molecule is CCNC(=NCc1ccccc1Cl)NCc1cn2ccsc2n1.I. The van der Waals surface area contributed by atoms with Gasteiger partial charge in [-0.05, 0) is 18.6 Å². The Kier molecular flexibility index (Phi) is 7.32. The van der Waals surface area contributed by atoms with E-state index in [0.717, 1.165) is 33.7 Å². The molecular formula is C16H19ClIN5S. The summed E-state index contributed by atoms with van der Waals surface area (Å²) < 4.78 is 2.02. The molecule has 0 aliphatic heterocycles. The number of hydrogen-bond donors (Lipinski definition) is 2. The molecule has 24 heavy (non-hydrogen) atoms. The van der Waals surface area contributed by atoms with Crippen LogP contribution >= 0.6 is 46.9 Å². The highest BCUT2D eigenvalue weighted by Gasteiger charge is 2.04. The van der Waals surface area contributed by atoms with Crippen LogP contribution in [-0.4, -0.2) is 21.9 Å². The Bertz CT molecular complexity index is 785. The zero-order valence-corrected chi connectivity index (χ0v) is 17.1. The Labute approximate surface area is 167 Å². The van der Waals surface area contributed by atoms with Gasteiger partial charge in [-0.1, -0.05) is 29.8 Å². The predicted octanol–water partition coefficient (Wildman–Crippen LogP) is 3.92. The molecule has 0 bridgehead atoms. The van der Waals surface area contributed by atoms with Crippen molar-refractivity contribution in [2.75, 3.05) is 6.54 Å². The lowest BCUT2D eigenvalue weighted by Crippen LogP contribution is -2.36. The van der Waals surface area contributed by atoms with E-state index in [-0.39, 0.29) is 24.0 Å². The summed E-state index contributed by atoms with van der Waals surface area (Å²) in [6.45, 7) is 4.00. The van der Waals surface area contributed by atoms with Gasteiger partial charge in [0, 0.05) is 29.3 Å². The number of guanidine groups is 1. The van der Waals surface area contributed by atoms with Crippen LogP contribution in [0.2, 0.25) is 5.02 Å². The third-order valence-corrected chi connectivity index (χ3v) is 4.43. The van der Waals surface area contributed by atoms with Gasteiger partial charge in [0.15, 0.2) is 10.9 Å². The summed E-state index contributed by atoms with van der Waals surface area (Å²) in [7, 11) is 0. The molecule has 3 rings (SSSR count). The number of imidazole rings is 1. The first-order valence-electron chi connectivity index (χ1n) is 7.43. The maximum absolute atomic E-state index is 6.17. The van der Waals surface area contributed by atoms with Gasteiger partial charge in [0.25, 0.3) is 0 Å². The summed E-state index contributed by atoms with van der Waals surface area (Å²) in [5.74, 6) is 0.753. The highest BCUT2D eigenvalue weighted by molar-refractivity contribution is 14.0. The molecule has 0 unspecified atom stereocenters. The summed E-state index contributed by atoms with van der Waals surface area (Å²) in [4.78, 5) is 10.1. The number of rotatable bonds is 5. The molecule has 0 fully saturated rings. The van der Waals surface area contributed by atoms with E-state index in [9.17, 15) is 0 Å². The molecule has 5 nitrogen and oxygen atoms in total. The number of halogens is 2. The number of aliphatic imine (C=N–C) groups is 1. The van der Waals surface area contributed by atoms with Gasteiger partial charge >= 0.3 is 0 Å². The Hall–Kier alpha value is -1.32. The van der Waals surface area contributed by atoms with Crippen LogP contribution in [0.4, 0.5) is 0 Å². The van der Waals surface area contributed by atoms with E-state index in [1.807, 2.05) is 53.4 Å². The lowest BCUT2D eigenvalue weighted by molar-refractivity contribution is 0.804. The number of nitrogens with one attached hydrogen (secondary N) is 2. The summed E-state index contributed by atoms with van der Waals surface area (Å²) in [5, 5.41) is 9.30. The van der Waals surface area contributed by atoms with Crippen molar-refractivity contribution < 1.29 is 0 Å². The van der Waals surface area contributed by atoms with E-state index in [1.54, 1.807) is 11.3 Å². The molecule has 2 aromatic heterocycles. The quantitative estimate of drug-likeness (QED) is 0.334. The molecule has 0 aliphatic carbocycles. The second kappa shape index (κ2) is 9.24. The fourth-order valence-corrected chi connectivity index (χ4v) is 3.08. The van der Waals surface area contributed by atoms with Gasteiger partial charge in [0.2, 0.25) is 0 Å². The normalized spacial score (nSPS) is 11.3. The second-order valence-electron chi connectivity index (χ2n) is 4.97. The fourth-order valence-electron chi connectivity index (χ4n) is 2.17. The Morgan fingerprint density at radius 1 is 1.33 bits per heavy atom. The van der Waals surface area contributed by atoms with Gasteiger partial charge in [0.05, 0.1) is 18.8 Å². The fraction of sp³-hybridized carbons (Fsp3) is 0.250. The van der Waals surface area contributed by atoms with Crippen LogP contribution in [0.5, 0.6) is 0 Å². The molecule has 0 saturated heterocycles. The van der Waals surface area contributed by atoms with Crippen molar-refractivity contribution in [1.29, 1.82) is 0 Å². The third kappa shape index (κ3) is 4.84. The minimum atomic E-state index is 0. The maximum Gasteiger partial charge on any atom is 0.193 e. The molecule has 0 saturated carbocycles. The van der Waals surface area contributed by atoms with E-state index in [1.165, 1.54) is 0 Å². The zero-order valence-electron chi connectivity index (χ0n) is 13.2. The number of benzene rings is 1. The van der Waals surface area contributed by atoms with E-state index in [4.69, 9.17) is 11.6 Å².